The summed E-state index contributed by atoms with van der Waals surface area (Å²) in [5, 5.41) is 8.76. The van der Waals surface area contributed by atoms with Gasteiger partial charge in [0.05, 0.1) is 25.9 Å². The number of likely N-dealkylation sites (tertiary alicyclic amines) is 1. The van der Waals surface area contributed by atoms with E-state index >= 15 is 0 Å². The van der Waals surface area contributed by atoms with Crippen LogP contribution in [0, 0.1) is 17.2 Å². The summed E-state index contributed by atoms with van der Waals surface area (Å²) < 4.78 is 16.8. The van der Waals surface area contributed by atoms with Crippen LogP contribution in [0.1, 0.15) is 30.8 Å². The van der Waals surface area contributed by atoms with Crippen molar-refractivity contribution in [1.82, 2.24) is 4.90 Å². The monoisotopic (exact) mass is 290 g/mol. The molecule has 1 aromatic heterocycles. The number of rotatable bonds is 5. The molecule has 3 heterocycles. The average molecular weight is 290 g/mol. The van der Waals surface area contributed by atoms with Gasteiger partial charge in [0.1, 0.15) is 11.8 Å². The fraction of sp³-hybridized carbons (Fsp3) is 0.688. The van der Waals surface area contributed by atoms with Crippen molar-refractivity contribution in [3.05, 3.63) is 23.7 Å². The second-order valence-corrected chi connectivity index (χ2v) is 5.92. The number of nitrogens with zero attached hydrogens (tertiary/aromatic N) is 2. The number of hydrogen-bond acceptors (Lipinski definition) is 5. The van der Waals surface area contributed by atoms with Crippen LogP contribution in [-0.2, 0) is 16.0 Å². The summed E-state index contributed by atoms with van der Waals surface area (Å²) in [6.07, 6.45) is 3.66. The Morgan fingerprint density at radius 3 is 2.81 bits per heavy atom. The fourth-order valence-electron chi connectivity index (χ4n) is 2.96. The van der Waals surface area contributed by atoms with E-state index in [4.69, 9.17) is 19.2 Å². The Morgan fingerprint density at radius 1 is 1.29 bits per heavy atom. The van der Waals surface area contributed by atoms with Crippen LogP contribution in [0.3, 0.4) is 0 Å². The lowest BCUT2D eigenvalue weighted by Gasteiger charge is -2.31. The van der Waals surface area contributed by atoms with Crippen LogP contribution >= 0.6 is 0 Å². The summed E-state index contributed by atoms with van der Waals surface area (Å²) in [7, 11) is 0. The van der Waals surface area contributed by atoms with Gasteiger partial charge in [-0.05, 0) is 31.4 Å². The minimum atomic E-state index is 0.383. The van der Waals surface area contributed by atoms with Crippen LogP contribution in [-0.4, -0.2) is 43.9 Å². The maximum absolute atomic E-state index is 8.76. The molecule has 5 heteroatoms. The number of hydrogen-bond donors (Lipinski definition) is 0. The Morgan fingerprint density at radius 2 is 2.14 bits per heavy atom. The largest absolute Gasteiger partial charge is 0.449 e. The zero-order chi connectivity index (χ0) is 14.5. The highest BCUT2D eigenvalue weighted by atomic mass is 16.5. The van der Waals surface area contributed by atoms with E-state index in [1.807, 2.05) is 12.1 Å². The SMILES string of the molecule is N#Cc1ccc(CN2CCC(OCC3CCOC3)CC2)o1. The highest BCUT2D eigenvalue weighted by molar-refractivity contribution is 5.19. The van der Waals surface area contributed by atoms with Gasteiger partial charge in [-0.25, -0.2) is 0 Å². The topological polar surface area (TPSA) is 58.6 Å². The van der Waals surface area contributed by atoms with E-state index in [0.717, 1.165) is 64.5 Å². The van der Waals surface area contributed by atoms with E-state index in [1.165, 1.54) is 0 Å². The Hall–Kier alpha value is -1.35. The van der Waals surface area contributed by atoms with Gasteiger partial charge in [0.2, 0.25) is 5.76 Å². The van der Waals surface area contributed by atoms with Gasteiger partial charge in [-0.15, -0.1) is 0 Å². The summed E-state index contributed by atoms with van der Waals surface area (Å²) in [6, 6.07) is 5.64. The summed E-state index contributed by atoms with van der Waals surface area (Å²) in [6.45, 7) is 5.42. The van der Waals surface area contributed by atoms with E-state index in [-0.39, 0.29) is 0 Å². The van der Waals surface area contributed by atoms with Gasteiger partial charge in [0, 0.05) is 25.6 Å². The minimum Gasteiger partial charge on any atom is -0.449 e. The second kappa shape index (κ2) is 7.08. The molecule has 2 aliphatic heterocycles. The van der Waals surface area contributed by atoms with Crippen LogP contribution in [0.25, 0.3) is 0 Å². The molecule has 5 nitrogen and oxygen atoms in total. The van der Waals surface area contributed by atoms with Crippen molar-refractivity contribution >= 4 is 0 Å². The average Bonchev–Trinajstić information content (AvgIpc) is 3.18. The number of nitriles is 1. The van der Waals surface area contributed by atoms with Crippen LogP contribution < -0.4 is 0 Å². The molecule has 0 aliphatic carbocycles. The van der Waals surface area contributed by atoms with Gasteiger partial charge >= 0.3 is 0 Å². The van der Waals surface area contributed by atoms with Crippen molar-refractivity contribution < 1.29 is 13.9 Å². The molecule has 0 aromatic carbocycles. The predicted molar refractivity (Wildman–Crippen MR) is 76.6 cm³/mol. The molecule has 0 saturated carbocycles. The predicted octanol–water partition coefficient (Wildman–Crippen LogP) is 2.17. The summed E-state index contributed by atoms with van der Waals surface area (Å²) >= 11 is 0. The molecule has 2 fully saturated rings. The number of piperidine rings is 1. The third-order valence-electron chi connectivity index (χ3n) is 4.28. The lowest BCUT2D eigenvalue weighted by Crippen LogP contribution is -2.37. The number of furan rings is 1. The quantitative estimate of drug-likeness (QED) is 0.831. The fourth-order valence-corrected chi connectivity index (χ4v) is 2.96. The van der Waals surface area contributed by atoms with Crippen LogP contribution in [0.5, 0.6) is 0 Å². The molecule has 3 rings (SSSR count). The molecule has 0 N–H and O–H groups in total. The molecule has 2 saturated heterocycles. The first-order valence-electron chi connectivity index (χ1n) is 7.74. The molecule has 0 amide bonds. The minimum absolute atomic E-state index is 0.383. The van der Waals surface area contributed by atoms with Crippen LogP contribution in [0.2, 0.25) is 0 Å². The van der Waals surface area contributed by atoms with Gasteiger partial charge in [-0.3, -0.25) is 4.90 Å². The van der Waals surface area contributed by atoms with Crippen molar-refractivity contribution in [2.45, 2.75) is 31.9 Å². The highest BCUT2D eigenvalue weighted by Crippen LogP contribution is 2.20. The molecule has 1 aromatic rings. The maximum Gasteiger partial charge on any atom is 0.203 e. The van der Waals surface area contributed by atoms with Crippen molar-refractivity contribution in [3.8, 4) is 6.07 Å². The lowest BCUT2D eigenvalue weighted by atomic mass is 10.1. The summed E-state index contributed by atoms with van der Waals surface area (Å²) in [4.78, 5) is 2.36. The molecule has 1 unspecified atom stereocenters. The molecular weight excluding hydrogens is 268 g/mol. The Labute approximate surface area is 125 Å². The smallest absolute Gasteiger partial charge is 0.203 e. The molecule has 1 atom stereocenters. The van der Waals surface area contributed by atoms with Gasteiger partial charge in [-0.2, -0.15) is 5.26 Å². The standard InChI is InChI=1S/C16H22N2O3/c17-9-15-1-2-16(21-15)10-18-6-3-14(4-7-18)20-12-13-5-8-19-11-13/h1-2,13-14H,3-8,10-12H2. The molecule has 2 aliphatic rings. The highest BCUT2D eigenvalue weighted by Gasteiger charge is 2.23. The molecule has 0 bridgehead atoms. The molecule has 114 valence electrons. The summed E-state index contributed by atoms with van der Waals surface area (Å²) in [5.74, 6) is 1.85. The van der Waals surface area contributed by atoms with E-state index < -0.39 is 0 Å². The van der Waals surface area contributed by atoms with E-state index in [9.17, 15) is 0 Å². The van der Waals surface area contributed by atoms with E-state index in [0.29, 0.717) is 17.8 Å². The zero-order valence-corrected chi connectivity index (χ0v) is 12.3. The zero-order valence-electron chi connectivity index (χ0n) is 12.3. The molecule has 21 heavy (non-hydrogen) atoms. The van der Waals surface area contributed by atoms with Gasteiger partial charge in [0.25, 0.3) is 0 Å². The second-order valence-electron chi connectivity index (χ2n) is 5.92. The van der Waals surface area contributed by atoms with E-state index in [2.05, 4.69) is 4.90 Å². The Balaban J connectivity index is 1.37. The van der Waals surface area contributed by atoms with Gasteiger partial charge in [0.15, 0.2) is 0 Å². The Bertz CT molecular complexity index is 480. The van der Waals surface area contributed by atoms with E-state index in [1.54, 1.807) is 6.07 Å². The third kappa shape index (κ3) is 4.07. The first kappa shape index (κ1) is 14.6. The van der Waals surface area contributed by atoms with Crippen molar-refractivity contribution in [2.24, 2.45) is 5.92 Å². The number of ether oxygens (including phenoxy) is 2. The maximum atomic E-state index is 8.76. The normalized spacial score (nSPS) is 24.2. The first-order valence-corrected chi connectivity index (χ1v) is 7.74. The van der Waals surface area contributed by atoms with Crippen LogP contribution in [0.4, 0.5) is 0 Å². The van der Waals surface area contributed by atoms with Crippen molar-refractivity contribution in [3.63, 3.8) is 0 Å². The Kier molecular flexibility index (Phi) is 4.91. The third-order valence-corrected chi connectivity index (χ3v) is 4.28. The first-order chi connectivity index (χ1) is 10.3. The van der Waals surface area contributed by atoms with Gasteiger partial charge in [-0.1, -0.05) is 0 Å². The molecule has 0 spiro atoms. The molecule has 0 radical (unpaired) electrons. The van der Waals surface area contributed by atoms with Crippen LogP contribution in [0.15, 0.2) is 16.5 Å². The van der Waals surface area contributed by atoms with Gasteiger partial charge < -0.3 is 13.9 Å². The molecular formula is C16H22N2O3. The van der Waals surface area contributed by atoms with Crippen molar-refractivity contribution in [2.75, 3.05) is 32.9 Å². The van der Waals surface area contributed by atoms with Crippen molar-refractivity contribution in [1.29, 1.82) is 5.26 Å². The lowest BCUT2D eigenvalue weighted by molar-refractivity contribution is -0.0125. The summed E-state index contributed by atoms with van der Waals surface area (Å²) in [5.41, 5.74) is 0.